The van der Waals surface area contributed by atoms with Crippen molar-refractivity contribution in [1.29, 1.82) is 0 Å². The number of ether oxygens (including phenoxy) is 1. The average Bonchev–Trinajstić information content (AvgIpc) is 2.95. The van der Waals surface area contributed by atoms with Gasteiger partial charge in [0.1, 0.15) is 5.82 Å². The highest BCUT2D eigenvalue weighted by atomic mass is 32.1. The highest BCUT2D eigenvalue weighted by molar-refractivity contribution is 7.15. The maximum absolute atomic E-state index is 13.6. The van der Waals surface area contributed by atoms with E-state index in [1.54, 1.807) is 19.2 Å². The van der Waals surface area contributed by atoms with Crippen molar-refractivity contribution in [2.24, 2.45) is 5.73 Å². The van der Waals surface area contributed by atoms with Crippen molar-refractivity contribution in [3.63, 3.8) is 0 Å². The van der Waals surface area contributed by atoms with E-state index in [0.717, 1.165) is 10.4 Å². The molecule has 2 aromatic rings. The first-order valence-corrected chi connectivity index (χ1v) is 8.06. The number of hydrogen-bond acceptors (Lipinski definition) is 5. The summed E-state index contributed by atoms with van der Waals surface area (Å²) in [6.07, 6.45) is 2.15. The Morgan fingerprint density at radius 3 is 2.96 bits per heavy atom. The molecular weight excluding hydrogens is 317 g/mol. The van der Waals surface area contributed by atoms with Gasteiger partial charge in [-0.1, -0.05) is 12.1 Å². The first kappa shape index (κ1) is 17.5. The van der Waals surface area contributed by atoms with Gasteiger partial charge >= 0.3 is 0 Å². The zero-order valence-electron chi connectivity index (χ0n) is 13.1. The Morgan fingerprint density at radius 1 is 1.52 bits per heavy atom. The first-order chi connectivity index (χ1) is 11.0. The van der Waals surface area contributed by atoms with Crippen LogP contribution in [-0.4, -0.2) is 30.6 Å². The maximum Gasteiger partial charge on any atom is 0.228 e. The number of aryl methyl sites for hydroxylation is 1. The Kier molecular flexibility index (Phi) is 6.20. The molecule has 0 aliphatic rings. The van der Waals surface area contributed by atoms with Crippen LogP contribution in [0.4, 0.5) is 9.52 Å². The lowest BCUT2D eigenvalue weighted by molar-refractivity contribution is -0.118. The molecule has 0 aliphatic heterocycles. The van der Waals surface area contributed by atoms with Crippen LogP contribution in [0.25, 0.3) is 0 Å². The number of carbonyl (C=O) groups is 1. The van der Waals surface area contributed by atoms with Gasteiger partial charge in [-0.2, -0.15) is 0 Å². The van der Waals surface area contributed by atoms with E-state index in [9.17, 15) is 9.18 Å². The quantitative estimate of drug-likeness (QED) is 0.814. The summed E-state index contributed by atoms with van der Waals surface area (Å²) in [5, 5.41) is 3.24. The lowest BCUT2D eigenvalue weighted by Gasteiger charge is -2.11. The number of methoxy groups -OCH3 is 1. The summed E-state index contributed by atoms with van der Waals surface area (Å²) in [6, 6.07) is 5.17. The van der Waals surface area contributed by atoms with Crippen molar-refractivity contribution in [2.75, 3.05) is 19.0 Å². The number of nitrogens with zero attached hydrogens (tertiary/aromatic N) is 1. The molecule has 0 fully saturated rings. The number of carbonyl (C=O) groups excluding carboxylic acids is 1. The molecule has 1 unspecified atom stereocenters. The second-order valence-electron chi connectivity index (χ2n) is 5.24. The van der Waals surface area contributed by atoms with Gasteiger partial charge in [-0.15, -0.1) is 11.3 Å². The average molecular weight is 337 g/mol. The van der Waals surface area contributed by atoms with Crippen LogP contribution in [0, 0.1) is 12.7 Å². The number of halogens is 1. The van der Waals surface area contributed by atoms with E-state index in [4.69, 9.17) is 10.5 Å². The third-order valence-electron chi connectivity index (χ3n) is 3.42. The molecule has 0 saturated heterocycles. The topological polar surface area (TPSA) is 77.2 Å². The fourth-order valence-electron chi connectivity index (χ4n) is 2.03. The van der Waals surface area contributed by atoms with Crippen molar-refractivity contribution in [2.45, 2.75) is 25.9 Å². The van der Waals surface area contributed by atoms with Crippen LogP contribution in [0.3, 0.4) is 0 Å². The van der Waals surface area contributed by atoms with Gasteiger partial charge in [-0.3, -0.25) is 4.79 Å². The number of rotatable bonds is 7. The van der Waals surface area contributed by atoms with E-state index in [1.165, 1.54) is 24.5 Å². The summed E-state index contributed by atoms with van der Waals surface area (Å²) in [6.45, 7) is 2.01. The summed E-state index contributed by atoms with van der Waals surface area (Å²) in [5.74, 6) is -0.405. The predicted octanol–water partition coefficient (Wildman–Crippen LogP) is 2.48. The first-order valence-electron chi connectivity index (χ1n) is 7.24. The molecule has 3 N–H and O–H groups in total. The van der Waals surface area contributed by atoms with Crippen LogP contribution in [0.1, 0.15) is 22.4 Å². The van der Waals surface area contributed by atoms with E-state index in [-0.39, 0.29) is 30.8 Å². The number of thiazole rings is 1. The zero-order chi connectivity index (χ0) is 16.8. The number of benzene rings is 1. The standard InChI is InChI=1S/C16H20FN3O2S/c1-10-3-4-11(6-14(10)17)5-13-9-19-16(23-13)20-15(21)7-12(8-18)22-2/h3-4,6,9,12H,5,7-8,18H2,1-2H3,(H,19,20,21). The largest absolute Gasteiger partial charge is 0.380 e. The van der Waals surface area contributed by atoms with E-state index in [2.05, 4.69) is 10.3 Å². The molecule has 1 amide bonds. The molecule has 124 valence electrons. The van der Waals surface area contributed by atoms with Gasteiger partial charge in [0.15, 0.2) is 5.13 Å². The normalized spacial score (nSPS) is 12.2. The van der Waals surface area contributed by atoms with Crippen LogP contribution in [0.5, 0.6) is 0 Å². The summed E-state index contributed by atoms with van der Waals surface area (Å²) in [4.78, 5) is 17.0. The monoisotopic (exact) mass is 337 g/mol. The Bertz CT molecular complexity index is 671. The van der Waals surface area contributed by atoms with Crippen molar-refractivity contribution in [3.05, 3.63) is 46.2 Å². The number of anilines is 1. The van der Waals surface area contributed by atoms with Crippen molar-refractivity contribution in [1.82, 2.24) is 4.98 Å². The minimum atomic E-state index is -0.301. The van der Waals surface area contributed by atoms with Crippen LogP contribution >= 0.6 is 11.3 Å². The highest BCUT2D eigenvalue weighted by Crippen LogP contribution is 2.22. The van der Waals surface area contributed by atoms with E-state index in [1.807, 2.05) is 6.07 Å². The third kappa shape index (κ3) is 5.09. The van der Waals surface area contributed by atoms with E-state index in [0.29, 0.717) is 17.1 Å². The minimum absolute atomic E-state index is 0.186. The highest BCUT2D eigenvalue weighted by Gasteiger charge is 2.13. The van der Waals surface area contributed by atoms with Crippen LogP contribution in [0.2, 0.25) is 0 Å². The summed E-state index contributed by atoms with van der Waals surface area (Å²) in [7, 11) is 1.52. The zero-order valence-corrected chi connectivity index (χ0v) is 14.0. The molecule has 0 aliphatic carbocycles. The molecule has 1 heterocycles. The molecule has 0 saturated carbocycles. The lowest BCUT2D eigenvalue weighted by Crippen LogP contribution is -2.28. The number of amides is 1. The van der Waals surface area contributed by atoms with Crippen LogP contribution < -0.4 is 11.1 Å². The Labute approximate surface area is 138 Å². The molecule has 23 heavy (non-hydrogen) atoms. The fourth-order valence-corrected chi connectivity index (χ4v) is 2.90. The number of aromatic nitrogens is 1. The Balaban J connectivity index is 1.95. The summed E-state index contributed by atoms with van der Waals surface area (Å²) >= 11 is 1.37. The van der Waals surface area contributed by atoms with Crippen molar-refractivity contribution in [3.8, 4) is 0 Å². The SMILES string of the molecule is COC(CN)CC(=O)Nc1ncc(Cc2ccc(C)c(F)c2)s1. The smallest absolute Gasteiger partial charge is 0.228 e. The molecular formula is C16H20FN3O2S. The number of nitrogens with one attached hydrogen (secondary N) is 1. The summed E-state index contributed by atoms with van der Waals surface area (Å²) < 4.78 is 18.6. The molecule has 0 spiro atoms. The van der Waals surface area contributed by atoms with Gasteiger partial charge in [0, 0.05) is 31.1 Å². The Hall–Kier alpha value is -1.83. The van der Waals surface area contributed by atoms with Crippen LogP contribution in [0.15, 0.2) is 24.4 Å². The number of nitrogens with two attached hydrogens (primary N) is 1. The minimum Gasteiger partial charge on any atom is -0.380 e. The second-order valence-corrected chi connectivity index (χ2v) is 6.35. The molecule has 1 aromatic heterocycles. The van der Waals surface area contributed by atoms with Crippen molar-refractivity contribution < 1.29 is 13.9 Å². The third-order valence-corrected chi connectivity index (χ3v) is 4.34. The van der Waals surface area contributed by atoms with Gasteiger partial charge in [0.25, 0.3) is 0 Å². The number of hydrogen-bond donors (Lipinski definition) is 2. The van der Waals surface area contributed by atoms with Gasteiger partial charge in [0.2, 0.25) is 5.91 Å². The molecule has 1 aromatic carbocycles. The Morgan fingerprint density at radius 2 is 2.30 bits per heavy atom. The molecule has 7 heteroatoms. The molecule has 2 rings (SSSR count). The van der Waals surface area contributed by atoms with Gasteiger partial charge in [-0.05, 0) is 24.1 Å². The van der Waals surface area contributed by atoms with E-state index < -0.39 is 0 Å². The maximum atomic E-state index is 13.6. The van der Waals surface area contributed by atoms with Gasteiger partial charge < -0.3 is 15.8 Å². The fraction of sp³-hybridized carbons (Fsp3) is 0.375. The second kappa shape index (κ2) is 8.14. The van der Waals surface area contributed by atoms with Gasteiger partial charge in [-0.25, -0.2) is 9.37 Å². The lowest BCUT2D eigenvalue weighted by atomic mass is 10.1. The van der Waals surface area contributed by atoms with Crippen molar-refractivity contribution >= 4 is 22.4 Å². The molecule has 5 nitrogen and oxygen atoms in total. The van der Waals surface area contributed by atoms with Crippen LogP contribution in [-0.2, 0) is 16.0 Å². The molecule has 0 bridgehead atoms. The predicted molar refractivity (Wildman–Crippen MR) is 89.2 cm³/mol. The van der Waals surface area contributed by atoms with E-state index >= 15 is 0 Å². The molecule has 0 radical (unpaired) electrons. The van der Waals surface area contributed by atoms with Gasteiger partial charge in [0.05, 0.1) is 12.5 Å². The summed E-state index contributed by atoms with van der Waals surface area (Å²) in [5.41, 5.74) is 6.99. The molecule has 1 atom stereocenters.